The van der Waals surface area contributed by atoms with Gasteiger partial charge >= 0.3 is 0 Å². The lowest BCUT2D eigenvalue weighted by Crippen LogP contribution is -2.35. The molecule has 2 rings (SSSR count). The number of nitrogens with one attached hydrogen (secondary N) is 1. The molecule has 0 radical (unpaired) electrons. The molecule has 2 nitrogen and oxygen atoms in total. The van der Waals surface area contributed by atoms with Crippen molar-refractivity contribution in [1.29, 1.82) is 5.26 Å². The fraction of sp³-hybridized carbons (Fsp3) is 0.923. The smallest absolute Gasteiger partial charge is 0.0684 e. The Bertz CT molecular complexity index is 264. The lowest BCUT2D eigenvalue weighted by molar-refractivity contribution is 0.330. The predicted molar refractivity (Wildman–Crippen MR) is 61.2 cm³/mol. The lowest BCUT2D eigenvalue weighted by Gasteiger charge is -2.24. The zero-order valence-electron chi connectivity index (χ0n) is 9.92. The highest BCUT2D eigenvalue weighted by atomic mass is 14.9. The maximum absolute atomic E-state index is 8.91. The van der Waals surface area contributed by atoms with E-state index in [1.165, 1.54) is 25.7 Å². The van der Waals surface area contributed by atoms with Crippen LogP contribution in [0.1, 0.15) is 46.0 Å². The summed E-state index contributed by atoms with van der Waals surface area (Å²) in [5.74, 6) is 1.96. The SMILES string of the molecule is CC(C)(C#N)CCNC1CC2CCC1C2. The van der Waals surface area contributed by atoms with Crippen molar-refractivity contribution in [3.8, 4) is 6.07 Å². The quantitative estimate of drug-likeness (QED) is 0.767. The van der Waals surface area contributed by atoms with E-state index in [-0.39, 0.29) is 5.41 Å². The van der Waals surface area contributed by atoms with Crippen molar-refractivity contribution >= 4 is 0 Å². The number of hydrogen-bond donors (Lipinski definition) is 1. The minimum absolute atomic E-state index is 0.162. The lowest BCUT2D eigenvalue weighted by atomic mass is 9.90. The molecule has 2 heteroatoms. The number of fused-ring (bicyclic) bond motifs is 2. The van der Waals surface area contributed by atoms with E-state index in [9.17, 15) is 0 Å². The maximum Gasteiger partial charge on any atom is 0.0684 e. The molecule has 0 aromatic rings. The van der Waals surface area contributed by atoms with Gasteiger partial charge in [-0.05, 0) is 57.9 Å². The molecule has 2 bridgehead atoms. The Morgan fingerprint density at radius 2 is 2.13 bits per heavy atom. The first kappa shape index (κ1) is 11.0. The number of nitrogens with zero attached hydrogens (tertiary/aromatic N) is 1. The van der Waals surface area contributed by atoms with Crippen LogP contribution in [0.3, 0.4) is 0 Å². The highest BCUT2D eigenvalue weighted by Crippen LogP contribution is 2.44. The molecule has 0 spiro atoms. The zero-order valence-corrected chi connectivity index (χ0v) is 9.92. The minimum atomic E-state index is -0.162. The Kier molecular flexibility index (Phi) is 3.02. The molecule has 0 aromatic heterocycles. The van der Waals surface area contributed by atoms with Crippen LogP contribution in [0.25, 0.3) is 0 Å². The molecule has 0 amide bonds. The Labute approximate surface area is 93.0 Å². The Morgan fingerprint density at radius 3 is 2.67 bits per heavy atom. The van der Waals surface area contributed by atoms with Gasteiger partial charge in [0.25, 0.3) is 0 Å². The van der Waals surface area contributed by atoms with Gasteiger partial charge in [-0.2, -0.15) is 5.26 Å². The van der Waals surface area contributed by atoms with Crippen LogP contribution < -0.4 is 5.32 Å². The van der Waals surface area contributed by atoms with Crippen LogP contribution in [0.2, 0.25) is 0 Å². The standard InChI is InChI=1S/C13H22N2/c1-13(2,9-14)5-6-15-12-8-10-3-4-11(12)7-10/h10-12,15H,3-8H2,1-2H3. The van der Waals surface area contributed by atoms with E-state index in [0.717, 1.165) is 30.8 Å². The Hall–Kier alpha value is -0.550. The molecule has 0 aliphatic heterocycles. The highest BCUT2D eigenvalue weighted by molar-refractivity contribution is 4.96. The van der Waals surface area contributed by atoms with Gasteiger partial charge in [-0.1, -0.05) is 6.42 Å². The first-order chi connectivity index (χ1) is 7.11. The average molecular weight is 206 g/mol. The van der Waals surface area contributed by atoms with Crippen LogP contribution >= 0.6 is 0 Å². The van der Waals surface area contributed by atoms with Crippen LogP contribution in [-0.4, -0.2) is 12.6 Å². The molecular formula is C13H22N2. The second-order valence-corrected chi connectivity index (χ2v) is 5.98. The van der Waals surface area contributed by atoms with Crippen LogP contribution in [-0.2, 0) is 0 Å². The average Bonchev–Trinajstić information content (AvgIpc) is 2.79. The molecule has 1 N–H and O–H groups in total. The van der Waals surface area contributed by atoms with Gasteiger partial charge < -0.3 is 5.32 Å². The largest absolute Gasteiger partial charge is 0.314 e. The van der Waals surface area contributed by atoms with Crippen molar-refractivity contribution in [2.75, 3.05) is 6.54 Å². The normalized spacial score (nSPS) is 34.3. The fourth-order valence-electron chi connectivity index (χ4n) is 3.12. The van der Waals surface area contributed by atoms with Crippen molar-refractivity contribution in [3.05, 3.63) is 0 Å². The molecule has 2 aliphatic rings. The van der Waals surface area contributed by atoms with Crippen LogP contribution in [0.5, 0.6) is 0 Å². The minimum Gasteiger partial charge on any atom is -0.314 e. The summed E-state index contributed by atoms with van der Waals surface area (Å²) in [5.41, 5.74) is -0.162. The highest BCUT2D eigenvalue weighted by Gasteiger charge is 2.39. The summed E-state index contributed by atoms with van der Waals surface area (Å²) < 4.78 is 0. The monoisotopic (exact) mass is 206 g/mol. The van der Waals surface area contributed by atoms with Crippen LogP contribution in [0, 0.1) is 28.6 Å². The first-order valence-corrected chi connectivity index (χ1v) is 6.25. The molecule has 2 saturated carbocycles. The van der Waals surface area contributed by atoms with Gasteiger partial charge in [0.1, 0.15) is 0 Å². The molecule has 0 saturated heterocycles. The predicted octanol–water partition coefficient (Wildman–Crippen LogP) is 2.70. The molecule has 84 valence electrons. The summed E-state index contributed by atoms with van der Waals surface area (Å²) >= 11 is 0. The van der Waals surface area contributed by atoms with Gasteiger partial charge in [-0.3, -0.25) is 0 Å². The van der Waals surface area contributed by atoms with Gasteiger partial charge in [0.05, 0.1) is 11.5 Å². The fourth-order valence-corrected chi connectivity index (χ4v) is 3.12. The third-order valence-corrected chi connectivity index (χ3v) is 4.20. The zero-order chi connectivity index (χ0) is 10.9. The van der Waals surface area contributed by atoms with Gasteiger partial charge in [0, 0.05) is 6.04 Å². The van der Waals surface area contributed by atoms with Crippen LogP contribution in [0.4, 0.5) is 0 Å². The third-order valence-electron chi connectivity index (χ3n) is 4.20. The summed E-state index contributed by atoms with van der Waals surface area (Å²) in [6, 6.07) is 3.12. The van der Waals surface area contributed by atoms with Gasteiger partial charge in [-0.15, -0.1) is 0 Å². The van der Waals surface area contributed by atoms with Gasteiger partial charge in [-0.25, -0.2) is 0 Å². The summed E-state index contributed by atoms with van der Waals surface area (Å²) in [6.45, 7) is 5.05. The Balaban J connectivity index is 1.69. The van der Waals surface area contributed by atoms with Gasteiger partial charge in [0.2, 0.25) is 0 Å². The third kappa shape index (κ3) is 2.52. The number of rotatable bonds is 4. The van der Waals surface area contributed by atoms with Gasteiger partial charge in [0.15, 0.2) is 0 Å². The van der Waals surface area contributed by atoms with E-state index in [2.05, 4.69) is 11.4 Å². The summed E-state index contributed by atoms with van der Waals surface area (Å²) in [7, 11) is 0. The molecule has 2 fully saturated rings. The van der Waals surface area contributed by atoms with E-state index >= 15 is 0 Å². The second-order valence-electron chi connectivity index (χ2n) is 5.98. The van der Waals surface area contributed by atoms with Crippen molar-refractivity contribution in [2.45, 2.75) is 52.0 Å². The van der Waals surface area contributed by atoms with Crippen molar-refractivity contribution in [1.82, 2.24) is 5.32 Å². The topological polar surface area (TPSA) is 35.8 Å². The molecule has 2 aliphatic carbocycles. The van der Waals surface area contributed by atoms with Crippen molar-refractivity contribution < 1.29 is 0 Å². The summed E-state index contributed by atoms with van der Waals surface area (Å²) in [6.07, 6.45) is 6.71. The molecule has 15 heavy (non-hydrogen) atoms. The molecule has 3 atom stereocenters. The summed E-state index contributed by atoms with van der Waals surface area (Å²) in [5, 5.41) is 12.6. The van der Waals surface area contributed by atoms with Crippen molar-refractivity contribution in [2.24, 2.45) is 17.3 Å². The van der Waals surface area contributed by atoms with Crippen molar-refractivity contribution in [3.63, 3.8) is 0 Å². The van der Waals surface area contributed by atoms with Crippen LogP contribution in [0.15, 0.2) is 0 Å². The first-order valence-electron chi connectivity index (χ1n) is 6.25. The summed E-state index contributed by atoms with van der Waals surface area (Å²) in [4.78, 5) is 0. The second kappa shape index (κ2) is 4.14. The number of hydrogen-bond acceptors (Lipinski definition) is 2. The number of nitriles is 1. The van der Waals surface area contributed by atoms with E-state index in [0.29, 0.717) is 0 Å². The van der Waals surface area contributed by atoms with E-state index in [4.69, 9.17) is 5.26 Å². The molecule has 3 unspecified atom stereocenters. The molecule has 0 aromatic carbocycles. The maximum atomic E-state index is 8.91. The van der Waals surface area contributed by atoms with E-state index in [1.807, 2.05) is 13.8 Å². The van der Waals surface area contributed by atoms with E-state index < -0.39 is 0 Å². The Morgan fingerprint density at radius 1 is 1.33 bits per heavy atom. The molecular weight excluding hydrogens is 184 g/mol. The molecule has 0 heterocycles. The van der Waals surface area contributed by atoms with E-state index in [1.54, 1.807) is 0 Å².